The molecule has 0 aliphatic rings. The number of anilines is 1. The fourth-order valence-corrected chi connectivity index (χ4v) is 5.47. The number of sulfone groups is 1. The van der Waals surface area contributed by atoms with E-state index in [4.69, 9.17) is 33.9 Å². The first-order valence-corrected chi connectivity index (χ1v) is 11.9. The summed E-state index contributed by atoms with van der Waals surface area (Å²) in [6, 6.07) is 20.5. The zero-order valence-electron chi connectivity index (χ0n) is 16.5. The van der Waals surface area contributed by atoms with Gasteiger partial charge in [-0.3, -0.25) is 0 Å². The van der Waals surface area contributed by atoms with E-state index in [-0.39, 0.29) is 27.7 Å². The molecule has 2 aromatic heterocycles. The molecule has 5 rings (SSSR count). The predicted molar refractivity (Wildman–Crippen MR) is 127 cm³/mol. The first-order chi connectivity index (χ1) is 15.4. The number of aromatic nitrogens is 3. The van der Waals surface area contributed by atoms with Crippen LogP contribution in [0.5, 0.6) is 0 Å². The van der Waals surface area contributed by atoms with Gasteiger partial charge in [0.1, 0.15) is 16.2 Å². The van der Waals surface area contributed by atoms with Crippen LogP contribution in [0.2, 0.25) is 10.0 Å². The Morgan fingerprint density at radius 1 is 0.844 bits per heavy atom. The van der Waals surface area contributed by atoms with E-state index in [1.54, 1.807) is 16.7 Å². The van der Waals surface area contributed by atoms with Crippen molar-refractivity contribution in [3.63, 3.8) is 0 Å². The third kappa shape index (κ3) is 3.39. The first kappa shape index (κ1) is 20.8. The molecule has 32 heavy (non-hydrogen) atoms. The van der Waals surface area contributed by atoms with E-state index in [0.29, 0.717) is 26.7 Å². The third-order valence-electron chi connectivity index (χ3n) is 5.23. The Kier molecular flexibility index (Phi) is 5.04. The Labute approximate surface area is 194 Å². The van der Waals surface area contributed by atoms with E-state index in [1.807, 2.05) is 36.4 Å². The van der Waals surface area contributed by atoms with Crippen LogP contribution in [-0.2, 0) is 16.4 Å². The summed E-state index contributed by atoms with van der Waals surface area (Å²) in [5.74, 6) is 0.0465. The Bertz CT molecular complexity index is 1600. The van der Waals surface area contributed by atoms with Gasteiger partial charge in [0.15, 0.2) is 5.65 Å². The zero-order chi connectivity index (χ0) is 22.5. The predicted octanol–water partition coefficient (Wildman–Crippen LogP) is 5.35. The van der Waals surface area contributed by atoms with Gasteiger partial charge in [0.25, 0.3) is 0 Å². The van der Waals surface area contributed by atoms with Crippen molar-refractivity contribution in [2.24, 2.45) is 0 Å². The van der Waals surface area contributed by atoms with E-state index < -0.39 is 9.84 Å². The van der Waals surface area contributed by atoms with E-state index in [0.717, 1.165) is 5.56 Å². The number of nitrogens with zero attached hydrogens (tertiary/aromatic N) is 3. The second kappa shape index (κ2) is 7.78. The van der Waals surface area contributed by atoms with Crippen LogP contribution in [0.25, 0.3) is 22.2 Å². The molecule has 0 spiro atoms. The van der Waals surface area contributed by atoms with Crippen LogP contribution in [0.4, 0.5) is 5.82 Å². The number of benzene rings is 3. The summed E-state index contributed by atoms with van der Waals surface area (Å²) in [4.78, 5) is 9.32. The zero-order valence-corrected chi connectivity index (χ0v) is 18.9. The molecular formula is C23H16Cl2N4O2S. The largest absolute Gasteiger partial charge is 0.384 e. The number of fused-ring (bicyclic) bond motifs is 2. The maximum atomic E-state index is 13.6. The fourth-order valence-electron chi connectivity index (χ4n) is 3.64. The normalized spacial score (nSPS) is 11.9. The Morgan fingerprint density at radius 3 is 2.16 bits per heavy atom. The smallest absolute Gasteiger partial charge is 0.212 e. The number of hydrogen-bond acceptors (Lipinski definition) is 5. The summed E-state index contributed by atoms with van der Waals surface area (Å²) in [5.41, 5.74) is 9.03. The Hall–Kier alpha value is -3.13. The molecule has 0 bridgehead atoms. The lowest BCUT2D eigenvalue weighted by molar-refractivity contribution is 0.597. The summed E-state index contributed by atoms with van der Waals surface area (Å²) < 4.78 is 28.9. The second-order valence-corrected chi connectivity index (χ2v) is 9.96. The van der Waals surface area contributed by atoms with Crippen molar-refractivity contribution < 1.29 is 8.42 Å². The topological polar surface area (TPSA) is 90.9 Å². The van der Waals surface area contributed by atoms with Crippen LogP contribution >= 0.6 is 23.2 Å². The van der Waals surface area contributed by atoms with Crippen molar-refractivity contribution >= 4 is 61.1 Å². The van der Waals surface area contributed by atoms with Gasteiger partial charge in [-0.05, 0) is 48.0 Å². The molecule has 2 heterocycles. The molecule has 6 nitrogen and oxygen atoms in total. The van der Waals surface area contributed by atoms with E-state index in [9.17, 15) is 8.42 Å². The summed E-state index contributed by atoms with van der Waals surface area (Å²) >= 11 is 12.3. The summed E-state index contributed by atoms with van der Waals surface area (Å²) in [6.07, 6.45) is 0. The molecule has 9 heteroatoms. The Morgan fingerprint density at radius 2 is 1.47 bits per heavy atom. The van der Waals surface area contributed by atoms with Gasteiger partial charge >= 0.3 is 0 Å². The van der Waals surface area contributed by atoms with Crippen LogP contribution in [0, 0.1) is 0 Å². The first-order valence-electron chi connectivity index (χ1n) is 9.65. The number of halogens is 2. The highest BCUT2D eigenvalue weighted by Crippen LogP contribution is 2.36. The molecule has 0 amide bonds. The van der Waals surface area contributed by atoms with Crippen LogP contribution in [0.3, 0.4) is 0 Å². The van der Waals surface area contributed by atoms with Crippen molar-refractivity contribution in [3.8, 4) is 0 Å². The fraction of sp³-hybridized carbons (Fsp3) is 0.0435. The molecule has 3 aromatic carbocycles. The number of nitrogens with two attached hydrogens (primary N) is 1. The monoisotopic (exact) mass is 482 g/mol. The lowest BCUT2D eigenvalue weighted by Gasteiger charge is -2.10. The molecule has 160 valence electrons. The minimum Gasteiger partial charge on any atom is -0.384 e. The van der Waals surface area contributed by atoms with Crippen molar-refractivity contribution in [2.45, 2.75) is 16.3 Å². The van der Waals surface area contributed by atoms with Crippen LogP contribution < -0.4 is 5.73 Å². The van der Waals surface area contributed by atoms with Crippen LogP contribution in [0.15, 0.2) is 82.6 Å². The molecule has 2 N–H and O–H groups in total. The van der Waals surface area contributed by atoms with E-state index >= 15 is 0 Å². The lowest BCUT2D eigenvalue weighted by Crippen LogP contribution is -2.09. The highest BCUT2D eigenvalue weighted by atomic mass is 35.5. The standard InChI is InChI=1S/C23H16Cl2N4O2S/c24-15-9-11-16(12-10-15)32(30,31)21-20-23(28-19-8-4-3-7-18(19)27-20)29(22(21)26)13-14-5-1-2-6-17(14)25/h1-12H,13,26H2. The molecular weight excluding hydrogens is 467 g/mol. The molecule has 5 aromatic rings. The van der Waals surface area contributed by atoms with Crippen molar-refractivity contribution in [2.75, 3.05) is 5.73 Å². The molecule has 0 atom stereocenters. The molecule has 0 aliphatic carbocycles. The average Bonchev–Trinajstić information content (AvgIpc) is 3.05. The summed E-state index contributed by atoms with van der Waals surface area (Å²) in [6.45, 7) is 0.241. The summed E-state index contributed by atoms with van der Waals surface area (Å²) in [5, 5.41) is 0.980. The van der Waals surface area contributed by atoms with Crippen molar-refractivity contribution in [1.82, 2.24) is 14.5 Å². The third-order valence-corrected chi connectivity index (χ3v) is 7.68. The van der Waals surface area contributed by atoms with Gasteiger partial charge < -0.3 is 10.3 Å². The molecule has 0 radical (unpaired) electrons. The van der Waals surface area contributed by atoms with Gasteiger partial charge in [-0.2, -0.15) is 0 Å². The molecule has 0 fully saturated rings. The number of rotatable bonds is 4. The average molecular weight is 483 g/mol. The SMILES string of the molecule is Nc1c(S(=O)(=O)c2ccc(Cl)cc2)c2nc3ccccc3nc2n1Cc1ccccc1Cl. The second-order valence-electron chi connectivity index (χ2n) is 7.23. The maximum absolute atomic E-state index is 13.6. The van der Waals surface area contributed by atoms with Crippen molar-refractivity contribution in [1.29, 1.82) is 0 Å². The highest BCUT2D eigenvalue weighted by molar-refractivity contribution is 7.92. The number of nitrogen functional groups attached to an aromatic ring is 1. The van der Waals surface area contributed by atoms with Gasteiger partial charge in [0, 0.05) is 10.0 Å². The van der Waals surface area contributed by atoms with Gasteiger partial charge in [-0.25, -0.2) is 18.4 Å². The Balaban J connectivity index is 1.83. The van der Waals surface area contributed by atoms with Crippen LogP contribution in [-0.4, -0.2) is 23.0 Å². The van der Waals surface area contributed by atoms with Gasteiger partial charge in [-0.15, -0.1) is 0 Å². The molecule has 0 saturated carbocycles. The molecule has 0 saturated heterocycles. The van der Waals surface area contributed by atoms with E-state index in [1.165, 1.54) is 24.3 Å². The highest BCUT2D eigenvalue weighted by Gasteiger charge is 2.30. The number of hydrogen-bond donors (Lipinski definition) is 1. The minimum atomic E-state index is -4.00. The van der Waals surface area contributed by atoms with Gasteiger partial charge in [-0.1, -0.05) is 53.5 Å². The quantitative estimate of drug-likeness (QED) is 0.372. The lowest BCUT2D eigenvalue weighted by atomic mass is 10.2. The van der Waals surface area contributed by atoms with Gasteiger partial charge in [0.05, 0.1) is 22.5 Å². The van der Waals surface area contributed by atoms with Crippen LogP contribution in [0.1, 0.15) is 5.56 Å². The minimum absolute atomic E-state index is 0.0465. The maximum Gasteiger partial charge on any atom is 0.212 e. The number of para-hydroxylation sites is 2. The van der Waals surface area contributed by atoms with Gasteiger partial charge in [0.2, 0.25) is 9.84 Å². The van der Waals surface area contributed by atoms with Crippen molar-refractivity contribution in [3.05, 3.63) is 88.4 Å². The molecule has 0 unspecified atom stereocenters. The summed E-state index contributed by atoms with van der Waals surface area (Å²) in [7, 11) is -4.00. The van der Waals surface area contributed by atoms with E-state index in [2.05, 4.69) is 4.98 Å². The molecule has 0 aliphatic heterocycles.